The molecule has 1 aromatic rings. The molecule has 1 heterocycles. The van der Waals surface area contributed by atoms with E-state index in [0.29, 0.717) is 22.9 Å². The first-order valence-electron chi connectivity index (χ1n) is 9.09. The lowest BCUT2D eigenvalue weighted by Gasteiger charge is -2.41. The van der Waals surface area contributed by atoms with Crippen molar-refractivity contribution in [3.8, 4) is 0 Å². The highest BCUT2D eigenvalue weighted by molar-refractivity contribution is 7.80. The minimum atomic E-state index is -0.271. The summed E-state index contributed by atoms with van der Waals surface area (Å²) in [4.78, 5) is 6.91. The van der Waals surface area contributed by atoms with Crippen LogP contribution in [0.1, 0.15) is 26.7 Å². The molecule has 140 valence electrons. The Kier molecular flexibility index (Phi) is 7.59. The van der Waals surface area contributed by atoms with Crippen LogP contribution >= 0.6 is 12.2 Å². The fourth-order valence-corrected chi connectivity index (χ4v) is 3.57. The Bertz CT molecular complexity index is 556. The van der Waals surface area contributed by atoms with Crippen molar-refractivity contribution >= 4 is 23.0 Å². The zero-order valence-corrected chi connectivity index (χ0v) is 16.7. The van der Waals surface area contributed by atoms with Crippen molar-refractivity contribution in [2.45, 2.75) is 38.8 Å². The number of piperidine rings is 1. The van der Waals surface area contributed by atoms with E-state index >= 15 is 0 Å². The van der Waals surface area contributed by atoms with Crippen molar-refractivity contribution < 1.29 is 4.39 Å². The van der Waals surface area contributed by atoms with Crippen LogP contribution in [0.2, 0.25) is 0 Å². The largest absolute Gasteiger partial charge is 0.345 e. The minimum Gasteiger partial charge on any atom is -0.345 e. The Labute approximate surface area is 157 Å². The molecule has 0 atom stereocenters. The number of hydrogen-bond donors (Lipinski definition) is 1. The zero-order chi connectivity index (χ0) is 18.4. The van der Waals surface area contributed by atoms with Gasteiger partial charge in [-0.3, -0.25) is 0 Å². The number of para-hydroxylation sites is 1. The van der Waals surface area contributed by atoms with E-state index in [1.54, 1.807) is 12.1 Å². The second-order valence-electron chi connectivity index (χ2n) is 7.27. The van der Waals surface area contributed by atoms with Gasteiger partial charge < -0.3 is 20.0 Å². The number of rotatable bonds is 6. The highest BCUT2D eigenvalue weighted by Gasteiger charge is 2.27. The van der Waals surface area contributed by atoms with Gasteiger partial charge in [0.05, 0.1) is 5.69 Å². The van der Waals surface area contributed by atoms with E-state index in [0.717, 1.165) is 39.0 Å². The highest BCUT2D eigenvalue weighted by Crippen LogP contribution is 2.20. The first-order valence-corrected chi connectivity index (χ1v) is 9.50. The molecular formula is C19H31FN4S. The molecule has 0 aromatic heterocycles. The van der Waals surface area contributed by atoms with Crippen molar-refractivity contribution in [1.29, 1.82) is 0 Å². The Balaban J connectivity index is 2.04. The van der Waals surface area contributed by atoms with Gasteiger partial charge in [0.1, 0.15) is 5.82 Å². The van der Waals surface area contributed by atoms with Gasteiger partial charge in [0.2, 0.25) is 0 Å². The summed E-state index contributed by atoms with van der Waals surface area (Å²) in [5, 5.41) is 3.74. The van der Waals surface area contributed by atoms with Gasteiger partial charge in [-0.15, -0.1) is 0 Å². The second kappa shape index (κ2) is 9.46. The van der Waals surface area contributed by atoms with Crippen LogP contribution in [0.15, 0.2) is 24.3 Å². The van der Waals surface area contributed by atoms with E-state index in [-0.39, 0.29) is 5.82 Å². The molecule has 6 heteroatoms. The number of nitrogens with zero attached hydrogens (tertiary/aromatic N) is 3. The lowest BCUT2D eigenvalue weighted by molar-refractivity contribution is 0.125. The predicted molar refractivity (Wildman–Crippen MR) is 108 cm³/mol. The van der Waals surface area contributed by atoms with Gasteiger partial charge in [-0.2, -0.15) is 0 Å². The molecule has 0 saturated carbocycles. The van der Waals surface area contributed by atoms with Crippen molar-refractivity contribution in [2.75, 3.05) is 45.6 Å². The van der Waals surface area contributed by atoms with Gasteiger partial charge in [0, 0.05) is 38.3 Å². The van der Waals surface area contributed by atoms with Crippen LogP contribution in [0.5, 0.6) is 0 Å². The molecule has 4 nitrogen and oxygen atoms in total. The molecule has 1 aromatic carbocycles. The quantitative estimate of drug-likeness (QED) is 0.778. The number of hydrogen-bond acceptors (Lipinski definition) is 3. The number of benzene rings is 1. The molecule has 0 unspecified atom stereocenters. The maximum absolute atomic E-state index is 14.0. The third-order valence-electron chi connectivity index (χ3n) is 4.83. The SMILES string of the molecule is CC(C)N1CCC(N(CCN(C)C)C(=S)Nc2ccccc2F)CC1. The monoisotopic (exact) mass is 366 g/mol. The van der Waals surface area contributed by atoms with Crippen molar-refractivity contribution in [1.82, 2.24) is 14.7 Å². The maximum atomic E-state index is 14.0. The summed E-state index contributed by atoms with van der Waals surface area (Å²) >= 11 is 5.65. The van der Waals surface area contributed by atoms with Crippen molar-refractivity contribution in [3.05, 3.63) is 30.1 Å². The van der Waals surface area contributed by atoms with Crippen LogP contribution in [0.3, 0.4) is 0 Å². The first-order chi connectivity index (χ1) is 11.9. The average Bonchev–Trinajstić information content (AvgIpc) is 2.57. The number of likely N-dealkylation sites (N-methyl/N-ethyl adjacent to an activating group) is 1. The third kappa shape index (κ3) is 5.90. The van der Waals surface area contributed by atoms with E-state index in [1.165, 1.54) is 6.07 Å². The number of halogens is 1. The molecule has 0 aliphatic carbocycles. The Morgan fingerprint density at radius 1 is 1.24 bits per heavy atom. The molecular weight excluding hydrogens is 335 g/mol. The molecule has 0 radical (unpaired) electrons. The topological polar surface area (TPSA) is 21.8 Å². The number of likely N-dealkylation sites (tertiary alicyclic amines) is 1. The molecule has 1 aliphatic rings. The summed E-state index contributed by atoms with van der Waals surface area (Å²) in [7, 11) is 4.12. The van der Waals surface area contributed by atoms with E-state index in [4.69, 9.17) is 12.2 Å². The normalized spacial score (nSPS) is 16.4. The molecule has 2 rings (SSSR count). The number of nitrogens with one attached hydrogen (secondary N) is 1. The van der Waals surface area contributed by atoms with Crippen LogP contribution < -0.4 is 5.32 Å². The van der Waals surface area contributed by atoms with Gasteiger partial charge in [-0.05, 0) is 65.1 Å². The van der Waals surface area contributed by atoms with Crippen LogP contribution in [-0.2, 0) is 0 Å². The summed E-state index contributed by atoms with van der Waals surface area (Å²) in [5.41, 5.74) is 0.446. The van der Waals surface area contributed by atoms with Gasteiger partial charge in [0.15, 0.2) is 5.11 Å². The molecule has 1 fully saturated rings. The Morgan fingerprint density at radius 3 is 2.44 bits per heavy atom. The van der Waals surface area contributed by atoms with E-state index in [2.05, 4.69) is 48.0 Å². The maximum Gasteiger partial charge on any atom is 0.173 e. The van der Waals surface area contributed by atoms with Crippen LogP contribution in [0.25, 0.3) is 0 Å². The third-order valence-corrected chi connectivity index (χ3v) is 5.17. The highest BCUT2D eigenvalue weighted by atomic mass is 32.1. The summed E-state index contributed by atoms with van der Waals surface area (Å²) in [6, 6.07) is 7.68. The molecule has 0 bridgehead atoms. The van der Waals surface area contributed by atoms with E-state index < -0.39 is 0 Å². The summed E-state index contributed by atoms with van der Waals surface area (Å²) in [6.45, 7) is 8.43. The first kappa shape index (κ1) is 20.1. The zero-order valence-electron chi connectivity index (χ0n) is 15.8. The fraction of sp³-hybridized carbons (Fsp3) is 0.632. The molecule has 0 amide bonds. The molecule has 25 heavy (non-hydrogen) atoms. The number of anilines is 1. The lowest BCUT2D eigenvalue weighted by Crippen LogP contribution is -2.51. The standard InChI is InChI=1S/C19H31FN4S/c1-15(2)23-11-9-16(10-12-23)24(14-13-22(3)4)19(25)21-18-8-6-5-7-17(18)20/h5-8,15-16H,9-14H2,1-4H3,(H,21,25). The smallest absolute Gasteiger partial charge is 0.173 e. The van der Waals surface area contributed by atoms with Crippen LogP contribution in [0.4, 0.5) is 10.1 Å². The van der Waals surface area contributed by atoms with Crippen molar-refractivity contribution in [2.24, 2.45) is 0 Å². The van der Waals surface area contributed by atoms with Crippen molar-refractivity contribution in [3.63, 3.8) is 0 Å². The molecule has 0 spiro atoms. The summed E-state index contributed by atoms with van der Waals surface area (Å²) in [5.74, 6) is -0.271. The predicted octanol–water partition coefficient (Wildman–Crippen LogP) is 3.26. The average molecular weight is 367 g/mol. The minimum absolute atomic E-state index is 0.271. The lowest BCUT2D eigenvalue weighted by atomic mass is 10.0. The van der Waals surface area contributed by atoms with Gasteiger partial charge in [-0.25, -0.2) is 4.39 Å². The van der Waals surface area contributed by atoms with E-state index in [9.17, 15) is 4.39 Å². The van der Waals surface area contributed by atoms with Crippen LogP contribution in [0, 0.1) is 5.82 Å². The fourth-order valence-electron chi connectivity index (χ4n) is 3.22. The summed E-state index contributed by atoms with van der Waals surface area (Å²) in [6.07, 6.45) is 2.18. The molecule has 1 N–H and O–H groups in total. The molecule has 1 saturated heterocycles. The molecule has 1 aliphatic heterocycles. The van der Waals surface area contributed by atoms with Crippen LogP contribution in [-0.4, -0.2) is 72.2 Å². The van der Waals surface area contributed by atoms with E-state index in [1.807, 2.05) is 6.07 Å². The number of thiocarbonyl (C=S) groups is 1. The second-order valence-corrected chi connectivity index (χ2v) is 7.65. The van der Waals surface area contributed by atoms with Gasteiger partial charge >= 0.3 is 0 Å². The Hall–Kier alpha value is -1.24. The van der Waals surface area contributed by atoms with Gasteiger partial charge in [-0.1, -0.05) is 12.1 Å². The summed E-state index contributed by atoms with van der Waals surface area (Å²) < 4.78 is 14.0. The Morgan fingerprint density at radius 2 is 1.88 bits per heavy atom. The van der Waals surface area contributed by atoms with Gasteiger partial charge in [0.25, 0.3) is 0 Å².